The molecule has 3 aromatic carbocycles. The fourth-order valence-electron chi connectivity index (χ4n) is 4.61. The molecule has 204 valence electrons. The van der Waals surface area contributed by atoms with E-state index < -0.39 is 27.8 Å². The largest absolute Gasteiger partial charge is 0.507 e. The van der Waals surface area contributed by atoms with Gasteiger partial charge in [0.05, 0.1) is 30.2 Å². The van der Waals surface area contributed by atoms with E-state index >= 15 is 0 Å². The molecule has 1 heterocycles. The minimum Gasteiger partial charge on any atom is -0.507 e. The second-order valence-electron chi connectivity index (χ2n) is 9.32. The van der Waals surface area contributed by atoms with Gasteiger partial charge in [-0.1, -0.05) is 26.0 Å². The first-order valence-electron chi connectivity index (χ1n) is 12.3. The number of primary sulfonamides is 1. The highest BCUT2D eigenvalue weighted by molar-refractivity contribution is 7.89. The Bertz CT molecular complexity index is 1560. The second kappa shape index (κ2) is 10.9. The number of aliphatic hydroxyl groups excluding tert-OH is 1. The number of rotatable bonds is 8. The van der Waals surface area contributed by atoms with Gasteiger partial charge in [-0.3, -0.25) is 14.5 Å². The Morgan fingerprint density at radius 2 is 1.74 bits per heavy atom. The van der Waals surface area contributed by atoms with Gasteiger partial charge in [-0.05, 0) is 78.6 Å². The predicted octanol–water partition coefficient (Wildman–Crippen LogP) is 4.49. The molecule has 39 heavy (non-hydrogen) atoms. The average Bonchev–Trinajstić information content (AvgIpc) is 3.18. The van der Waals surface area contributed by atoms with Crippen molar-refractivity contribution in [3.63, 3.8) is 0 Å². The van der Waals surface area contributed by atoms with E-state index in [1.54, 1.807) is 42.5 Å². The summed E-state index contributed by atoms with van der Waals surface area (Å²) in [6, 6.07) is 16.2. The minimum atomic E-state index is -3.97. The van der Waals surface area contributed by atoms with Gasteiger partial charge < -0.3 is 14.6 Å². The summed E-state index contributed by atoms with van der Waals surface area (Å²) in [5.41, 5.74) is 1.86. The molecule has 1 aliphatic rings. The number of aliphatic hydroxyl groups is 1. The summed E-state index contributed by atoms with van der Waals surface area (Å²) in [5, 5.41) is 16.7. The molecule has 0 bridgehead atoms. The monoisotopic (exact) mass is 550 g/mol. The first-order chi connectivity index (χ1) is 18.5. The van der Waals surface area contributed by atoms with Crippen LogP contribution in [-0.4, -0.2) is 38.9 Å². The van der Waals surface area contributed by atoms with Crippen molar-refractivity contribution in [1.82, 2.24) is 0 Å². The van der Waals surface area contributed by atoms with Gasteiger partial charge in [0.1, 0.15) is 17.3 Å². The van der Waals surface area contributed by atoms with Gasteiger partial charge in [-0.2, -0.15) is 0 Å². The van der Waals surface area contributed by atoms with Gasteiger partial charge in [0, 0.05) is 11.3 Å². The molecule has 0 spiro atoms. The van der Waals surface area contributed by atoms with Gasteiger partial charge in [0.2, 0.25) is 10.0 Å². The number of ether oxygens (including phenoxy) is 2. The molecule has 1 fully saturated rings. The number of hydrogen-bond acceptors (Lipinski definition) is 7. The highest BCUT2D eigenvalue weighted by Gasteiger charge is 2.47. The van der Waals surface area contributed by atoms with Crippen molar-refractivity contribution in [1.29, 1.82) is 0 Å². The van der Waals surface area contributed by atoms with E-state index in [2.05, 4.69) is 0 Å². The number of methoxy groups -OCH3 is 1. The molecule has 1 aliphatic heterocycles. The standard InChI is InChI=1S/C29H30N2O7S/c1-5-38-24-14-9-19(16-23(24)17(2)3)27(32)25-26(18-7-6-8-21(15-18)37-4)31(29(34)28(25)33)20-10-12-22(13-11-20)39(30,35)36/h6-17,26,32H,5H2,1-4H3,(H2,30,35,36)/b27-25-. The summed E-state index contributed by atoms with van der Waals surface area (Å²) in [6.45, 7) is 6.32. The Hall–Kier alpha value is -4.15. The number of ketones is 1. The summed E-state index contributed by atoms with van der Waals surface area (Å²) in [4.78, 5) is 28.0. The number of nitrogens with two attached hydrogens (primary N) is 1. The van der Waals surface area contributed by atoms with Crippen molar-refractivity contribution in [2.75, 3.05) is 18.6 Å². The van der Waals surface area contributed by atoms with Gasteiger partial charge in [-0.25, -0.2) is 13.6 Å². The lowest BCUT2D eigenvalue weighted by atomic mass is 9.93. The summed E-state index contributed by atoms with van der Waals surface area (Å²) in [7, 11) is -2.47. The lowest BCUT2D eigenvalue weighted by Crippen LogP contribution is -2.29. The Labute approximate surface area is 227 Å². The molecular formula is C29H30N2O7S. The van der Waals surface area contributed by atoms with E-state index in [9.17, 15) is 23.1 Å². The number of carbonyl (C=O) groups excluding carboxylic acids is 2. The zero-order valence-corrected chi connectivity index (χ0v) is 22.9. The zero-order valence-electron chi connectivity index (χ0n) is 22.0. The highest BCUT2D eigenvalue weighted by atomic mass is 32.2. The van der Waals surface area contributed by atoms with E-state index in [0.29, 0.717) is 29.2 Å². The highest BCUT2D eigenvalue weighted by Crippen LogP contribution is 2.43. The van der Waals surface area contributed by atoms with Crippen LogP contribution in [0.25, 0.3) is 5.76 Å². The Kier molecular flexibility index (Phi) is 7.80. The van der Waals surface area contributed by atoms with Crippen molar-refractivity contribution in [2.24, 2.45) is 5.14 Å². The Morgan fingerprint density at radius 3 is 2.33 bits per heavy atom. The smallest absolute Gasteiger partial charge is 0.300 e. The third-order valence-electron chi connectivity index (χ3n) is 6.50. The number of anilines is 1. The van der Waals surface area contributed by atoms with Gasteiger partial charge >= 0.3 is 0 Å². The van der Waals surface area contributed by atoms with Crippen LogP contribution in [0.15, 0.2) is 77.2 Å². The summed E-state index contributed by atoms with van der Waals surface area (Å²) >= 11 is 0. The van der Waals surface area contributed by atoms with E-state index in [4.69, 9.17) is 14.6 Å². The lowest BCUT2D eigenvalue weighted by Gasteiger charge is -2.26. The van der Waals surface area contributed by atoms with Crippen LogP contribution < -0.4 is 19.5 Å². The van der Waals surface area contributed by atoms with Crippen LogP contribution in [0.1, 0.15) is 49.4 Å². The number of amides is 1. The van der Waals surface area contributed by atoms with Crippen LogP contribution in [0, 0.1) is 0 Å². The van der Waals surface area contributed by atoms with E-state index in [1.165, 1.54) is 36.3 Å². The van der Waals surface area contributed by atoms with Gasteiger partial charge in [0.15, 0.2) is 0 Å². The molecule has 1 saturated heterocycles. The van der Waals surface area contributed by atoms with E-state index in [-0.39, 0.29) is 27.8 Å². The SMILES string of the molecule is CCOc1ccc(/C(O)=C2/C(=O)C(=O)N(c3ccc(S(N)(=O)=O)cc3)C2c2cccc(OC)c2)cc1C(C)C. The quantitative estimate of drug-likeness (QED) is 0.240. The maximum atomic E-state index is 13.5. The van der Waals surface area contributed by atoms with Crippen LogP contribution >= 0.6 is 0 Å². The summed E-state index contributed by atoms with van der Waals surface area (Å²) in [5.74, 6) is -0.865. The van der Waals surface area contributed by atoms with E-state index in [0.717, 1.165) is 5.56 Å². The number of hydrogen-bond donors (Lipinski definition) is 2. The molecule has 1 atom stereocenters. The molecule has 9 nitrogen and oxygen atoms in total. The molecule has 4 rings (SSSR count). The van der Waals surface area contributed by atoms with Crippen molar-refractivity contribution in [3.8, 4) is 11.5 Å². The van der Waals surface area contributed by atoms with Crippen molar-refractivity contribution in [2.45, 2.75) is 37.6 Å². The van der Waals surface area contributed by atoms with Crippen LogP contribution in [0.3, 0.4) is 0 Å². The molecule has 0 aliphatic carbocycles. The number of Topliss-reactive ketones (excluding diaryl/α,β-unsaturated/α-hetero) is 1. The van der Waals surface area contributed by atoms with Crippen LogP contribution in [-0.2, 0) is 19.6 Å². The first-order valence-corrected chi connectivity index (χ1v) is 13.9. The number of carbonyl (C=O) groups is 2. The number of sulfonamides is 1. The fourth-order valence-corrected chi connectivity index (χ4v) is 5.13. The van der Waals surface area contributed by atoms with Crippen molar-refractivity contribution < 1.29 is 32.6 Å². The summed E-state index contributed by atoms with van der Waals surface area (Å²) < 4.78 is 34.6. The van der Waals surface area contributed by atoms with Crippen LogP contribution in [0.5, 0.6) is 11.5 Å². The van der Waals surface area contributed by atoms with Gasteiger partial charge in [0.25, 0.3) is 11.7 Å². The number of nitrogens with zero attached hydrogens (tertiary/aromatic N) is 1. The molecule has 3 N–H and O–H groups in total. The summed E-state index contributed by atoms with van der Waals surface area (Å²) in [6.07, 6.45) is 0. The Balaban J connectivity index is 1.94. The minimum absolute atomic E-state index is 0.0632. The third kappa shape index (κ3) is 5.39. The Morgan fingerprint density at radius 1 is 1.05 bits per heavy atom. The third-order valence-corrected chi connectivity index (χ3v) is 7.43. The topological polar surface area (TPSA) is 136 Å². The second-order valence-corrected chi connectivity index (χ2v) is 10.9. The van der Waals surface area contributed by atoms with Gasteiger partial charge in [-0.15, -0.1) is 0 Å². The lowest BCUT2D eigenvalue weighted by molar-refractivity contribution is -0.132. The van der Waals surface area contributed by atoms with Crippen LogP contribution in [0.2, 0.25) is 0 Å². The molecule has 0 saturated carbocycles. The predicted molar refractivity (Wildman–Crippen MR) is 147 cm³/mol. The number of benzene rings is 3. The molecule has 3 aromatic rings. The molecule has 10 heteroatoms. The maximum absolute atomic E-state index is 13.5. The average molecular weight is 551 g/mol. The van der Waals surface area contributed by atoms with Crippen molar-refractivity contribution in [3.05, 3.63) is 89.0 Å². The molecule has 0 aromatic heterocycles. The van der Waals surface area contributed by atoms with E-state index in [1.807, 2.05) is 20.8 Å². The molecule has 0 radical (unpaired) electrons. The van der Waals surface area contributed by atoms with Crippen molar-refractivity contribution >= 4 is 33.2 Å². The molecular weight excluding hydrogens is 520 g/mol. The normalized spacial score (nSPS) is 17.1. The molecule has 1 unspecified atom stereocenters. The zero-order chi connectivity index (χ0) is 28.5. The fraction of sp³-hybridized carbons (Fsp3) is 0.241. The molecule has 1 amide bonds. The first kappa shape index (κ1) is 27.9. The maximum Gasteiger partial charge on any atom is 0.300 e. The van der Waals surface area contributed by atoms with Crippen LogP contribution in [0.4, 0.5) is 5.69 Å².